The number of ether oxygens (including phenoxy) is 1. The van der Waals surface area contributed by atoms with Gasteiger partial charge in [-0.25, -0.2) is 0 Å². The van der Waals surface area contributed by atoms with Gasteiger partial charge in [-0.1, -0.05) is 6.92 Å². The van der Waals surface area contributed by atoms with Gasteiger partial charge < -0.3 is 10.1 Å². The van der Waals surface area contributed by atoms with Crippen molar-refractivity contribution in [1.82, 2.24) is 14.7 Å². The Hall–Kier alpha value is -2.34. The maximum absolute atomic E-state index is 12.3. The van der Waals surface area contributed by atoms with Crippen molar-refractivity contribution in [2.45, 2.75) is 20.3 Å². The number of hydrogen-bond donors (Lipinski definition) is 1. The molecule has 1 aromatic heterocycles. The molecule has 0 saturated carbocycles. The highest BCUT2D eigenvalue weighted by Gasteiger charge is 2.18. The molecule has 1 aromatic carbocycles. The first-order valence-electron chi connectivity index (χ1n) is 8.78. The van der Waals surface area contributed by atoms with E-state index in [1.54, 1.807) is 17.9 Å². The number of nitrogens with zero attached hydrogens (tertiary/aromatic N) is 3. The number of amides is 1. The van der Waals surface area contributed by atoms with E-state index in [4.69, 9.17) is 4.74 Å². The van der Waals surface area contributed by atoms with Crippen LogP contribution in [0.1, 0.15) is 29.4 Å². The highest BCUT2D eigenvalue weighted by Crippen LogP contribution is 2.18. The Balaban J connectivity index is 1.48. The van der Waals surface area contributed by atoms with Crippen molar-refractivity contribution in [3.8, 4) is 5.75 Å². The van der Waals surface area contributed by atoms with Gasteiger partial charge in [-0.15, -0.1) is 0 Å². The minimum atomic E-state index is -0.151. The molecule has 1 amide bonds. The Morgan fingerprint density at radius 2 is 2.12 bits per heavy atom. The van der Waals surface area contributed by atoms with Gasteiger partial charge >= 0.3 is 0 Å². The van der Waals surface area contributed by atoms with Crippen molar-refractivity contribution in [2.75, 3.05) is 31.6 Å². The molecule has 1 saturated heterocycles. The van der Waals surface area contributed by atoms with E-state index in [1.807, 2.05) is 31.2 Å². The van der Waals surface area contributed by atoms with Gasteiger partial charge in [0.1, 0.15) is 12.4 Å². The predicted molar refractivity (Wildman–Crippen MR) is 98.1 cm³/mol. The van der Waals surface area contributed by atoms with E-state index in [-0.39, 0.29) is 5.91 Å². The van der Waals surface area contributed by atoms with Crippen LogP contribution < -0.4 is 10.1 Å². The molecule has 1 fully saturated rings. The summed E-state index contributed by atoms with van der Waals surface area (Å²) in [6, 6.07) is 7.49. The summed E-state index contributed by atoms with van der Waals surface area (Å²) in [6.07, 6.45) is 3.01. The number of aromatic nitrogens is 2. The third kappa shape index (κ3) is 4.60. The molecular formula is C19H26N4O2. The van der Waals surface area contributed by atoms with E-state index in [1.165, 1.54) is 19.5 Å². The van der Waals surface area contributed by atoms with E-state index >= 15 is 0 Å². The molecular weight excluding hydrogens is 316 g/mol. The van der Waals surface area contributed by atoms with Crippen molar-refractivity contribution in [1.29, 1.82) is 0 Å². The molecule has 1 N–H and O–H groups in total. The molecule has 6 heteroatoms. The van der Waals surface area contributed by atoms with E-state index in [9.17, 15) is 4.79 Å². The number of anilines is 1. The number of nitrogens with one attached hydrogen (secondary N) is 1. The summed E-state index contributed by atoms with van der Waals surface area (Å²) in [6.45, 7) is 8.11. The molecule has 0 unspecified atom stereocenters. The zero-order valence-corrected chi connectivity index (χ0v) is 15.2. The molecule has 1 aliphatic heterocycles. The molecule has 1 atom stereocenters. The first-order chi connectivity index (χ1) is 12.0. The van der Waals surface area contributed by atoms with Crippen LogP contribution in [-0.4, -0.2) is 46.8 Å². The minimum absolute atomic E-state index is 0.151. The topological polar surface area (TPSA) is 59.4 Å². The maximum Gasteiger partial charge on any atom is 0.259 e. The molecule has 134 valence electrons. The summed E-state index contributed by atoms with van der Waals surface area (Å²) in [5.41, 5.74) is 2.05. The minimum Gasteiger partial charge on any atom is -0.492 e. The third-order valence-corrected chi connectivity index (χ3v) is 4.55. The van der Waals surface area contributed by atoms with Gasteiger partial charge in [0.05, 0.1) is 11.3 Å². The van der Waals surface area contributed by atoms with E-state index < -0.39 is 0 Å². The van der Waals surface area contributed by atoms with Crippen LogP contribution in [0.15, 0.2) is 30.5 Å². The molecule has 0 bridgehead atoms. The molecule has 0 aliphatic carbocycles. The standard InChI is InChI=1S/C19H26N4O2/c1-14-8-9-23(12-14)10-11-25-17-6-4-16(5-7-17)20-19(24)18-13-22(3)21-15(18)2/h4-7,13-14H,8-12H2,1-3H3,(H,20,24)/t14-/m1/s1. The van der Waals surface area contributed by atoms with Crippen LogP contribution >= 0.6 is 0 Å². The normalized spacial score (nSPS) is 17.6. The smallest absolute Gasteiger partial charge is 0.259 e. The van der Waals surface area contributed by atoms with Crippen LogP contribution in [0.5, 0.6) is 5.75 Å². The fourth-order valence-electron chi connectivity index (χ4n) is 3.18. The largest absolute Gasteiger partial charge is 0.492 e. The summed E-state index contributed by atoms with van der Waals surface area (Å²) >= 11 is 0. The number of rotatable bonds is 6. The van der Waals surface area contributed by atoms with Crippen LogP contribution in [-0.2, 0) is 7.05 Å². The quantitative estimate of drug-likeness (QED) is 0.877. The molecule has 6 nitrogen and oxygen atoms in total. The third-order valence-electron chi connectivity index (χ3n) is 4.55. The first kappa shape index (κ1) is 17.5. The second-order valence-electron chi connectivity index (χ2n) is 6.82. The van der Waals surface area contributed by atoms with Gasteiger partial charge in [0.2, 0.25) is 0 Å². The van der Waals surface area contributed by atoms with Crippen molar-refractivity contribution < 1.29 is 9.53 Å². The predicted octanol–water partition coefficient (Wildman–Crippen LogP) is 2.70. The summed E-state index contributed by atoms with van der Waals surface area (Å²) < 4.78 is 7.44. The molecule has 0 radical (unpaired) electrons. The number of benzene rings is 1. The van der Waals surface area contributed by atoms with E-state index in [0.29, 0.717) is 12.2 Å². The number of likely N-dealkylation sites (tertiary alicyclic amines) is 1. The first-order valence-corrected chi connectivity index (χ1v) is 8.78. The van der Waals surface area contributed by atoms with Crippen LogP contribution in [0, 0.1) is 12.8 Å². The van der Waals surface area contributed by atoms with Crippen molar-refractivity contribution in [3.63, 3.8) is 0 Å². The zero-order valence-electron chi connectivity index (χ0n) is 15.2. The molecule has 2 heterocycles. The average Bonchev–Trinajstić information content (AvgIpc) is 3.14. The van der Waals surface area contributed by atoms with Crippen LogP contribution in [0.25, 0.3) is 0 Å². The van der Waals surface area contributed by atoms with Gasteiger partial charge in [-0.3, -0.25) is 14.4 Å². The summed E-state index contributed by atoms with van der Waals surface area (Å²) in [7, 11) is 1.80. The molecule has 3 rings (SSSR count). The Kier molecular flexibility index (Phi) is 5.38. The lowest BCUT2D eigenvalue weighted by Gasteiger charge is -2.15. The number of carbonyl (C=O) groups is 1. The Morgan fingerprint density at radius 1 is 1.36 bits per heavy atom. The Morgan fingerprint density at radius 3 is 2.72 bits per heavy atom. The molecule has 0 spiro atoms. The van der Waals surface area contributed by atoms with E-state index in [2.05, 4.69) is 22.2 Å². The van der Waals surface area contributed by atoms with E-state index in [0.717, 1.165) is 29.6 Å². The molecule has 25 heavy (non-hydrogen) atoms. The summed E-state index contributed by atoms with van der Waals surface area (Å²) in [4.78, 5) is 14.7. The fraction of sp³-hybridized carbons (Fsp3) is 0.474. The summed E-state index contributed by atoms with van der Waals surface area (Å²) in [5.74, 6) is 1.47. The maximum atomic E-state index is 12.3. The van der Waals surface area contributed by atoms with Gasteiger partial charge in [0, 0.05) is 32.0 Å². The van der Waals surface area contributed by atoms with Gasteiger partial charge in [0.25, 0.3) is 5.91 Å². The number of carbonyl (C=O) groups excluding carboxylic acids is 1. The average molecular weight is 342 g/mol. The van der Waals surface area contributed by atoms with Crippen molar-refractivity contribution >= 4 is 11.6 Å². The lowest BCUT2D eigenvalue weighted by molar-refractivity contribution is 0.102. The number of hydrogen-bond acceptors (Lipinski definition) is 4. The van der Waals surface area contributed by atoms with Gasteiger partial charge in [-0.2, -0.15) is 5.10 Å². The Bertz CT molecular complexity index is 724. The van der Waals surface area contributed by atoms with Crippen LogP contribution in [0.2, 0.25) is 0 Å². The Labute approximate surface area is 148 Å². The lowest BCUT2D eigenvalue weighted by Crippen LogP contribution is -2.25. The second-order valence-corrected chi connectivity index (χ2v) is 6.82. The zero-order chi connectivity index (χ0) is 17.8. The fourth-order valence-corrected chi connectivity index (χ4v) is 3.18. The highest BCUT2D eigenvalue weighted by atomic mass is 16.5. The van der Waals surface area contributed by atoms with Crippen LogP contribution in [0.4, 0.5) is 5.69 Å². The second kappa shape index (κ2) is 7.70. The van der Waals surface area contributed by atoms with Crippen molar-refractivity contribution in [2.24, 2.45) is 13.0 Å². The SMILES string of the molecule is Cc1nn(C)cc1C(=O)Nc1ccc(OCCN2CC[C@@H](C)C2)cc1. The highest BCUT2D eigenvalue weighted by molar-refractivity contribution is 6.04. The van der Waals surface area contributed by atoms with Gasteiger partial charge in [0.15, 0.2) is 0 Å². The molecule has 2 aromatic rings. The summed E-state index contributed by atoms with van der Waals surface area (Å²) in [5, 5.41) is 7.08. The van der Waals surface area contributed by atoms with Crippen molar-refractivity contribution in [3.05, 3.63) is 41.7 Å². The van der Waals surface area contributed by atoms with Gasteiger partial charge in [-0.05, 0) is 50.1 Å². The number of aryl methyl sites for hydroxylation is 2. The van der Waals surface area contributed by atoms with Crippen LogP contribution in [0.3, 0.4) is 0 Å². The lowest BCUT2D eigenvalue weighted by atomic mass is 10.2. The molecule has 1 aliphatic rings. The monoisotopic (exact) mass is 342 g/mol.